The quantitative estimate of drug-likeness (QED) is 0.566. The SMILES string of the molecule is NNc1nc(NC2CCCCC2)nc(-n2ccnc2)n1. The number of hydrogen-bond donors (Lipinski definition) is 3. The molecule has 1 saturated carbocycles. The molecule has 0 amide bonds. The standard InChI is InChI=1S/C12H18N8/c13-19-11-16-10(15-9-4-2-1-3-5-9)17-12(18-11)20-7-6-14-8-20/h6-9H,1-5,13H2,(H2,15,16,17,18,19). The van der Waals surface area contributed by atoms with Crippen molar-refractivity contribution in [2.75, 3.05) is 10.7 Å². The average Bonchev–Trinajstić information content (AvgIpc) is 3.02. The molecule has 0 aliphatic heterocycles. The molecule has 4 N–H and O–H groups in total. The molecule has 2 heterocycles. The number of nitrogens with two attached hydrogens (primary N) is 1. The maximum atomic E-state index is 5.42. The van der Waals surface area contributed by atoms with E-state index in [-0.39, 0.29) is 0 Å². The van der Waals surface area contributed by atoms with E-state index < -0.39 is 0 Å². The fourth-order valence-electron chi connectivity index (χ4n) is 2.42. The Hall–Kier alpha value is -2.22. The second-order valence-electron chi connectivity index (χ2n) is 4.88. The highest BCUT2D eigenvalue weighted by molar-refractivity contribution is 5.37. The van der Waals surface area contributed by atoms with Crippen LogP contribution >= 0.6 is 0 Å². The summed E-state index contributed by atoms with van der Waals surface area (Å²) >= 11 is 0. The van der Waals surface area contributed by atoms with E-state index >= 15 is 0 Å². The van der Waals surface area contributed by atoms with Crippen LogP contribution in [0.1, 0.15) is 32.1 Å². The molecule has 2 aromatic rings. The third-order valence-electron chi connectivity index (χ3n) is 3.43. The Morgan fingerprint density at radius 1 is 1.10 bits per heavy atom. The lowest BCUT2D eigenvalue weighted by molar-refractivity contribution is 0.460. The number of hydrogen-bond acceptors (Lipinski definition) is 7. The summed E-state index contributed by atoms with van der Waals surface area (Å²) in [7, 11) is 0. The van der Waals surface area contributed by atoms with Gasteiger partial charge in [-0.15, -0.1) is 0 Å². The maximum Gasteiger partial charge on any atom is 0.243 e. The first-order valence-corrected chi connectivity index (χ1v) is 6.83. The smallest absolute Gasteiger partial charge is 0.243 e. The zero-order valence-electron chi connectivity index (χ0n) is 11.2. The van der Waals surface area contributed by atoms with Gasteiger partial charge in [0, 0.05) is 18.4 Å². The van der Waals surface area contributed by atoms with Gasteiger partial charge in [0.1, 0.15) is 6.33 Å². The highest BCUT2D eigenvalue weighted by atomic mass is 15.4. The van der Waals surface area contributed by atoms with Crippen LogP contribution in [0.5, 0.6) is 0 Å². The summed E-state index contributed by atoms with van der Waals surface area (Å²) in [6.07, 6.45) is 11.2. The highest BCUT2D eigenvalue weighted by Gasteiger charge is 2.15. The Kier molecular flexibility index (Phi) is 3.73. The van der Waals surface area contributed by atoms with Gasteiger partial charge in [0.2, 0.25) is 17.8 Å². The van der Waals surface area contributed by atoms with Gasteiger partial charge in [0.15, 0.2) is 0 Å². The zero-order valence-corrected chi connectivity index (χ0v) is 11.2. The monoisotopic (exact) mass is 274 g/mol. The minimum atomic E-state index is 0.335. The van der Waals surface area contributed by atoms with Crippen molar-refractivity contribution in [3.8, 4) is 5.95 Å². The van der Waals surface area contributed by atoms with E-state index in [0.29, 0.717) is 23.9 Å². The van der Waals surface area contributed by atoms with Crippen molar-refractivity contribution in [1.82, 2.24) is 24.5 Å². The van der Waals surface area contributed by atoms with Crippen molar-refractivity contribution in [3.05, 3.63) is 18.7 Å². The number of nitrogens with zero attached hydrogens (tertiary/aromatic N) is 5. The molecule has 1 aliphatic carbocycles. The molecule has 0 bridgehead atoms. The van der Waals surface area contributed by atoms with Gasteiger partial charge in [-0.3, -0.25) is 9.99 Å². The fraction of sp³-hybridized carbons (Fsp3) is 0.500. The van der Waals surface area contributed by atoms with Crippen molar-refractivity contribution < 1.29 is 0 Å². The molecule has 8 heteroatoms. The summed E-state index contributed by atoms with van der Waals surface area (Å²) in [5.41, 5.74) is 2.47. The Morgan fingerprint density at radius 3 is 2.60 bits per heavy atom. The van der Waals surface area contributed by atoms with Crippen molar-refractivity contribution in [3.63, 3.8) is 0 Å². The molecular formula is C12H18N8. The summed E-state index contributed by atoms with van der Waals surface area (Å²) in [4.78, 5) is 16.9. The number of aromatic nitrogens is 5. The predicted molar refractivity (Wildman–Crippen MR) is 75.3 cm³/mol. The van der Waals surface area contributed by atoms with Crippen LogP contribution in [0.25, 0.3) is 5.95 Å². The van der Waals surface area contributed by atoms with Gasteiger partial charge in [-0.1, -0.05) is 19.3 Å². The lowest BCUT2D eigenvalue weighted by atomic mass is 9.96. The van der Waals surface area contributed by atoms with Crippen LogP contribution in [0.4, 0.5) is 11.9 Å². The highest BCUT2D eigenvalue weighted by Crippen LogP contribution is 2.20. The molecule has 0 atom stereocenters. The summed E-state index contributed by atoms with van der Waals surface area (Å²) in [5, 5.41) is 3.37. The molecule has 0 radical (unpaired) electrons. The Labute approximate surface area is 116 Å². The van der Waals surface area contributed by atoms with E-state index in [9.17, 15) is 0 Å². The normalized spacial score (nSPS) is 16.1. The van der Waals surface area contributed by atoms with Crippen molar-refractivity contribution in [1.29, 1.82) is 0 Å². The number of imidazole rings is 1. The number of anilines is 2. The third-order valence-corrected chi connectivity index (χ3v) is 3.43. The topological polar surface area (TPSA) is 107 Å². The van der Waals surface area contributed by atoms with E-state index in [1.54, 1.807) is 23.3 Å². The van der Waals surface area contributed by atoms with E-state index in [2.05, 4.69) is 30.7 Å². The van der Waals surface area contributed by atoms with E-state index in [1.807, 2.05) is 0 Å². The maximum absolute atomic E-state index is 5.42. The number of rotatable bonds is 4. The largest absolute Gasteiger partial charge is 0.351 e. The minimum absolute atomic E-state index is 0.335. The number of hydrazine groups is 1. The van der Waals surface area contributed by atoms with Crippen LogP contribution in [0.2, 0.25) is 0 Å². The second kappa shape index (κ2) is 5.83. The predicted octanol–water partition coefficient (Wildman–Crippen LogP) is 1.09. The Balaban J connectivity index is 1.84. The molecule has 0 aromatic carbocycles. The molecular weight excluding hydrogens is 256 g/mol. The number of nitrogen functional groups attached to an aromatic ring is 1. The van der Waals surface area contributed by atoms with Gasteiger partial charge in [0.05, 0.1) is 0 Å². The first-order valence-electron chi connectivity index (χ1n) is 6.83. The van der Waals surface area contributed by atoms with Crippen LogP contribution in [0.15, 0.2) is 18.7 Å². The van der Waals surface area contributed by atoms with Crippen molar-refractivity contribution >= 4 is 11.9 Å². The van der Waals surface area contributed by atoms with E-state index in [0.717, 1.165) is 12.8 Å². The average molecular weight is 274 g/mol. The van der Waals surface area contributed by atoms with Gasteiger partial charge in [-0.05, 0) is 12.8 Å². The first kappa shape index (κ1) is 12.8. The Bertz CT molecular complexity index is 547. The summed E-state index contributed by atoms with van der Waals surface area (Å²) in [6.45, 7) is 0. The summed E-state index contributed by atoms with van der Waals surface area (Å²) < 4.78 is 1.72. The van der Waals surface area contributed by atoms with Gasteiger partial charge >= 0.3 is 0 Å². The van der Waals surface area contributed by atoms with Gasteiger partial charge in [-0.25, -0.2) is 10.8 Å². The third kappa shape index (κ3) is 2.85. The second-order valence-corrected chi connectivity index (χ2v) is 4.88. The minimum Gasteiger partial charge on any atom is -0.351 e. The van der Waals surface area contributed by atoms with Crippen LogP contribution in [-0.2, 0) is 0 Å². The number of nitrogens with one attached hydrogen (secondary N) is 2. The molecule has 0 saturated heterocycles. The molecule has 2 aromatic heterocycles. The lowest BCUT2D eigenvalue weighted by Gasteiger charge is -2.22. The summed E-state index contributed by atoms with van der Waals surface area (Å²) in [6, 6.07) is 0.424. The molecule has 0 spiro atoms. The molecule has 1 fully saturated rings. The lowest BCUT2D eigenvalue weighted by Crippen LogP contribution is -2.24. The molecule has 3 rings (SSSR count). The van der Waals surface area contributed by atoms with Gasteiger partial charge < -0.3 is 5.32 Å². The molecule has 8 nitrogen and oxygen atoms in total. The van der Waals surface area contributed by atoms with Crippen LogP contribution in [0, 0.1) is 0 Å². The molecule has 1 aliphatic rings. The Morgan fingerprint density at radius 2 is 1.90 bits per heavy atom. The van der Waals surface area contributed by atoms with Gasteiger partial charge in [0.25, 0.3) is 0 Å². The first-order chi connectivity index (χ1) is 9.85. The van der Waals surface area contributed by atoms with Crippen molar-refractivity contribution in [2.45, 2.75) is 38.1 Å². The van der Waals surface area contributed by atoms with E-state index in [4.69, 9.17) is 5.84 Å². The van der Waals surface area contributed by atoms with Crippen LogP contribution in [-0.4, -0.2) is 30.5 Å². The van der Waals surface area contributed by atoms with Crippen molar-refractivity contribution in [2.24, 2.45) is 5.84 Å². The van der Waals surface area contributed by atoms with Crippen LogP contribution < -0.4 is 16.6 Å². The molecule has 20 heavy (non-hydrogen) atoms. The molecule has 0 unspecified atom stereocenters. The zero-order chi connectivity index (χ0) is 13.8. The molecule has 106 valence electrons. The fourth-order valence-corrected chi connectivity index (χ4v) is 2.42. The summed E-state index contributed by atoms with van der Waals surface area (Å²) in [5.74, 6) is 6.79. The van der Waals surface area contributed by atoms with Gasteiger partial charge in [-0.2, -0.15) is 15.0 Å². The van der Waals surface area contributed by atoms with Crippen LogP contribution in [0.3, 0.4) is 0 Å². The van der Waals surface area contributed by atoms with E-state index in [1.165, 1.54) is 19.3 Å².